The molecule has 1 amide bonds. The summed E-state index contributed by atoms with van der Waals surface area (Å²) >= 11 is 6.08. The number of nitrogens with zero attached hydrogens (tertiary/aromatic N) is 2. The van der Waals surface area contributed by atoms with Crippen LogP contribution in [0.5, 0.6) is 0 Å². The van der Waals surface area contributed by atoms with E-state index in [1.54, 1.807) is 30.7 Å². The predicted octanol–water partition coefficient (Wildman–Crippen LogP) is 3.64. The van der Waals surface area contributed by atoms with Crippen molar-refractivity contribution < 1.29 is 9.59 Å². The first-order valence-corrected chi connectivity index (χ1v) is 8.54. The molecule has 0 bridgehead atoms. The molecule has 1 N–H and O–H groups in total. The zero-order valence-electron chi connectivity index (χ0n) is 14.5. The number of rotatable bonds is 5. The topological polar surface area (TPSA) is 64.0 Å². The normalized spacial score (nSPS) is 10.6. The number of halogens is 1. The average molecular weight is 368 g/mol. The lowest BCUT2D eigenvalue weighted by Crippen LogP contribution is -2.31. The first-order valence-electron chi connectivity index (χ1n) is 8.16. The number of aryl methyl sites for hydroxylation is 1. The van der Waals surface area contributed by atoms with Gasteiger partial charge in [-0.15, -0.1) is 0 Å². The van der Waals surface area contributed by atoms with E-state index in [0.29, 0.717) is 22.0 Å². The molecule has 0 aliphatic heterocycles. The molecule has 0 atom stereocenters. The SMILES string of the molecule is Cc1nn(-c2ccccc2)c(C)c1C(=O)C(=O)NCc1ccccc1Cl. The molecule has 1 heterocycles. The van der Waals surface area contributed by atoms with Crippen LogP contribution in [0.15, 0.2) is 54.6 Å². The summed E-state index contributed by atoms with van der Waals surface area (Å²) < 4.78 is 1.67. The van der Waals surface area contributed by atoms with Gasteiger partial charge in [0, 0.05) is 11.6 Å². The highest BCUT2D eigenvalue weighted by Gasteiger charge is 2.25. The van der Waals surface area contributed by atoms with E-state index in [9.17, 15) is 9.59 Å². The Morgan fingerprint density at radius 1 is 1.04 bits per heavy atom. The van der Waals surface area contributed by atoms with E-state index in [1.807, 2.05) is 42.5 Å². The molecule has 6 heteroatoms. The molecule has 26 heavy (non-hydrogen) atoms. The second-order valence-electron chi connectivity index (χ2n) is 5.90. The van der Waals surface area contributed by atoms with E-state index in [0.717, 1.165) is 11.3 Å². The van der Waals surface area contributed by atoms with Gasteiger partial charge in [0.1, 0.15) is 0 Å². The van der Waals surface area contributed by atoms with Crippen LogP contribution < -0.4 is 5.32 Å². The Balaban J connectivity index is 1.80. The number of ketones is 1. The lowest BCUT2D eigenvalue weighted by atomic mass is 10.1. The molecule has 132 valence electrons. The quantitative estimate of drug-likeness (QED) is 0.553. The Hall–Kier alpha value is -2.92. The maximum absolute atomic E-state index is 12.6. The Labute approximate surface area is 156 Å². The summed E-state index contributed by atoms with van der Waals surface area (Å²) in [7, 11) is 0. The summed E-state index contributed by atoms with van der Waals surface area (Å²) in [4.78, 5) is 25.0. The first kappa shape index (κ1) is 17.9. The van der Waals surface area contributed by atoms with Crippen LogP contribution in [0, 0.1) is 13.8 Å². The fourth-order valence-corrected chi connectivity index (χ4v) is 3.01. The van der Waals surface area contributed by atoms with Crippen molar-refractivity contribution in [2.75, 3.05) is 0 Å². The van der Waals surface area contributed by atoms with Crippen LogP contribution in [-0.2, 0) is 11.3 Å². The van der Waals surface area contributed by atoms with Crippen molar-refractivity contribution in [3.8, 4) is 5.69 Å². The Morgan fingerprint density at radius 3 is 2.38 bits per heavy atom. The molecule has 0 unspecified atom stereocenters. The molecule has 0 radical (unpaired) electrons. The fraction of sp³-hybridized carbons (Fsp3) is 0.150. The lowest BCUT2D eigenvalue weighted by Gasteiger charge is -2.07. The number of para-hydroxylation sites is 1. The van der Waals surface area contributed by atoms with Crippen LogP contribution >= 0.6 is 11.6 Å². The molecule has 0 fully saturated rings. The van der Waals surface area contributed by atoms with Gasteiger partial charge >= 0.3 is 0 Å². The van der Waals surface area contributed by atoms with Crippen LogP contribution in [0.2, 0.25) is 5.02 Å². The van der Waals surface area contributed by atoms with Crippen molar-refractivity contribution in [2.45, 2.75) is 20.4 Å². The van der Waals surface area contributed by atoms with Gasteiger partial charge < -0.3 is 5.32 Å². The highest BCUT2D eigenvalue weighted by atomic mass is 35.5. The van der Waals surface area contributed by atoms with Gasteiger partial charge in [0.15, 0.2) is 0 Å². The van der Waals surface area contributed by atoms with Gasteiger partial charge in [0.2, 0.25) is 0 Å². The number of carbonyl (C=O) groups is 2. The monoisotopic (exact) mass is 367 g/mol. The van der Waals surface area contributed by atoms with Crippen molar-refractivity contribution in [1.29, 1.82) is 0 Å². The fourth-order valence-electron chi connectivity index (χ4n) is 2.80. The predicted molar refractivity (Wildman–Crippen MR) is 101 cm³/mol. The standard InChI is InChI=1S/C20H18ClN3O2/c1-13-18(14(2)24(23-13)16-9-4-3-5-10-16)19(25)20(26)22-12-15-8-6-7-11-17(15)21/h3-11H,12H2,1-2H3,(H,22,26). The Morgan fingerprint density at radius 2 is 1.69 bits per heavy atom. The molecule has 3 rings (SSSR count). The third kappa shape index (κ3) is 3.53. The number of aromatic nitrogens is 2. The van der Waals surface area contributed by atoms with E-state index in [2.05, 4.69) is 10.4 Å². The summed E-state index contributed by atoms with van der Waals surface area (Å²) in [6, 6.07) is 16.7. The highest BCUT2D eigenvalue weighted by Crippen LogP contribution is 2.19. The van der Waals surface area contributed by atoms with Crippen LogP contribution in [0.25, 0.3) is 5.69 Å². The van der Waals surface area contributed by atoms with Crippen molar-refractivity contribution >= 4 is 23.3 Å². The van der Waals surface area contributed by atoms with E-state index in [-0.39, 0.29) is 6.54 Å². The first-order chi connectivity index (χ1) is 12.5. The summed E-state index contributed by atoms with van der Waals surface area (Å²) in [5.41, 5.74) is 3.06. The molecule has 5 nitrogen and oxygen atoms in total. The number of amides is 1. The van der Waals surface area contributed by atoms with Gasteiger partial charge in [-0.05, 0) is 37.6 Å². The maximum Gasteiger partial charge on any atom is 0.292 e. The summed E-state index contributed by atoms with van der Waals surface area (Å²) in [6.45, 7) is 3.69. The molecule has 1 aromatic heterocycles. The molecule has 0 saturated carbocycles. The molecular formula is C20H18ClN3O2. The van der Waals surface area contributed by atoms with Crippen LogP contribution in [0.3, 0.4) is 0 Å². The number of benzene rings is 2. The molecule has 0 spiro atoms. The molecular weight excluding hydrogens is 350 g/mol. The highest BCUT2D eigenvalue weighted by molar-refractivity contribution is 6.43. The van der Waals surface area contributed by atoms with Crippen LogP contribution in [0.1, 0.15) is 27.3 Å². The van der Waals surface area contributed by atoms with E-state index in [1.165, 1.54) is 0 Å². The number of hydrogen-bond acceptors (Lipinski definition) is 3. The van der Waals surface area contributed by atoms with E-state index < -0.39 is 11.7 Å². The van der Waals surface area contributed by atoms with Gasteiger partial charge in [-0.1, -0.05) is 48.0 Å². The second-order valence-corrected chi connectivity index (χ2v) is 6.30. The van der Waals surface area contributed by atoms with Crippen LogP contribution in [0.4, 0.5) is 0 Å². The molecule has 2 aromatic carbocycles. The van der Waals surface area contributed by atoms with Crippen molar-refractivity contribution in [1.82, 2.24) is 15.1 Å². The van der Waals surface area contributed by atoms with Crippen molar-refractivity contribution in [3.63, 3.8) is 0 Å². The smallest absolute Gasteiger partial charge is 0.292 e. The minimum Gasteiger partial charge on any atom is -0.345 e. The average Bonchev–Trinajstić information content (AvgIpc) is 2.95. The second kappa shape index (κ2) is 7.54. The third-order valence-corrected chi connectivity index (χ3v) is 4.49. The number of carbonyl (C=O) groups excluding carboxylic acids is 2. The van der Waals surface area contributed by atoms with Gasteiger partial charge in [-0.25, -0.2) is 4.68 Å². The van der Waals surface area contributed by atoms with Gasteiger partial charge in [0.05, 0.1) is 22.6 Å². The minimum atomic E-state index is -0.677. The van der Waals surface area contributed by atoms with Gasteiger partial charge in [0.25, 0.3) is 11.7 Å². The zero-order chi connectivity index (χ0) is 18.7. The molecule has 0 saturated heterocycles. The maximum atomic E-state index is 12.6. The van der Waals surface area contributed by atoms with Crippen LogP contribution in [-0.4, -0.2) is 21.5 Å². The van der Waals surface area contributed by atoms with Crippen molar-refractivity contribution in [2.24, 2.45) is 0 Å². The number of hydrogen-bond donors (Lipinski definition) is 1. The van der Waals surface area contributed by atoms with Gasteiger partial charge in [-0.2, -0.15) is 5.10 Å². The molecule has 0 aliphatic carbocycles. The van der Waals surface area contributed by atoms with E-state index >= 15 is 0 Å². The van der Waals surface area contributed by atoms with E-state index in [4.69, 9.17) is 11.6 Å². The zero-order valence-corrected chi connectivity index (χ0v) is 15.2. The summed E-state index contributed by atoms with van der Waals surface area (Å²) in [5, 5.41) is 7.59. The minimum absolute atomic E-state index is 0.190. The van der Waals surface area contributed by atoms with Gasteiger partial charge in [-0.3, -0.25) is 9.59 Å². The largest absolute Gasteiger partial charge is 0.345 e. The Kier molecular flexibility index (Phi) is 5.19. The molecule has 3 aromatic rings. The summed E-state index contributed by atoms with van der Waals surface area (Å²) in [5.74, 6) is -1.28. The number of Topliss-reactive ketones (excluding diaryl/α,β-unsaturated/α-hetero) is 1. The summed E-state index contributed by atoms with van der Waals surface area (Å²) in [6.07, 6.45) is 0. The Bertz CT molecular complexity index is 964. The molecule has 0 aliphatic rings. The third-order valence-electron chi connectivity index (χ3n) is 4.12. The van der Waals surface area contributed by atoms with Crippen molar-refractivity contribution in [3.05, 3.63) is 82.1 Å². The number of nitrogens with one attached hydrogen (secondary N) is 1. The lowest BCUT2D eigenvalue weighted by molar-refractivity contribution is -0.117.